The summed E-state index contributed by atoms with van der Waals surface area (Å²) in [6.07, 6.45) is 2.48. The zero-order chi connectivity index (χ0) is 36.7. The third kappa shape index (κ3) is 6.96. The first kappa shape index (κ1) is 36.4. The second-order valence-corrected chi connectivity index (χ2v) is 15.4. The molecule has 2 aromatic rings. The second kappa shape index (κ2) is 14.3. The molecule has 1 saturated carbocycles. The minimum absolute atomic E-state index is 0.00915. The molecular formula is C32H35ClN6O10S2. The molecule has 3 aliphatic heterocycles. The summed E-state index contributed by atoms with van der Waals surface area (Å²) in [5.74, 6) is -6.11. The molecule has 4 heterocycles. The van der Waals surface area contributed by atoms with E-state index >= 15 is 0 Å². The predicted molar refractivity (Wildman–Crippen MR) is 183 cm³/mol. The molecule has 6 rings (SSSR count). The van der Waals surface area contributed by atoms with Crippen molar-refractivity contribution in [2.45, 2.75) is 49.5 Å². The van der Waals surface area contributed by atoms with Crippen LogP contribution in [0.2, 0.25) is 5.02 Å². The van der Waals surface area contributed by atoms with Crippen molar-refractivity contribution in [3.63, 3.8) is 0 Å². The lowest BCUT2D eigenvalue weighted by Gasteiger charge is -2.51. The smallest absolute Gasteiger partial charge is 0.350 e. The summed E-state index contributed by atoms with van der Waals surface area (Å²) < 4.78 is 0.463. The Hall–Kier alpha value is -4.39. The molecule has 19 heteroatoms. The number of hydrogen-bond donors (Lipinski definition) is 5. The fourth-order valence-corrected chi connectivity index (χ4v) is 9.14. The third-order valence-electron chi connectivity index (χ3n) is 9.90. The number of oxime groups is 1. The van der Waals surface area contributed by atoms with Crippen LogP contribution in [0.25, 0.3) is 0 Å². The van der Waals surface area contributed by atoms with Gasteiger partial charge in [-0.25, -0.2) is 9.78 Å². The first-order chi connectivity index (χ1) is 24.3. The van der Waals surface area contributed by atoms with Crippen LogP contribution in [0.1, 0.15) is 54.6 Å². The van der Waals surface area contributed by atoms with E-state index in [1.54, 1.807) is 0 Å². The fourth-order valence-electron chi connectivity index (χ4n) is 6.94. The van der Waals surface area contributed by atoms with E-state index in [0.29, 0.717) is 42.7 Å². The van der Waals surface area contributed by atoms with Gasteiger partial charge in [0.05, 0.1) is 59.7 Å². The molecule has 0 bridgehead atoms. The third-order valence-corrected chi connectivity index (χ3v) is 12.4. The molecule has 2 atom stereocenters. The summed E-state index contributed by atoms with van der Waals surface area (Å²) in [5, 5.41) is 49.1. The molecule has 2 saturated heterocycles. The Bertz CT molecular complexity index is 1850. The summed E-state index contributed by atoms with van der Waals surface area (Å²) in [6, 6.07) is 2.46. The van der Waals surface area contributed by atoms with Crippen LogP contribution in [-0.4, -0.2) is 114 Å². The molecule has 0 spiro atoms. The number of rotatable bonds is 14. The molecule has 3 fully saturated rings. The molecule has 16 nitrogen and oxygen atoms in total. The van der Waals surface area contributed by atoms with E-state index in [1.165, 1.54) is 28.1 Å². The number of halogens is 1. The number of phenolic OH excluding ortho intramolecular Hbond substituents is 2. The topological polar surface area (TPSA) is 245 Å². The van der Waals surface area contributed by atoms with E-state index in [-0.39, 0.29) is 64.4 Å². The van der Waals surface area contributed by atoms with Gasteiger partial charge in [0.2, 0.25) is 11.5 Å². The Labute approximate surface area is 304 Å². The maximum atomic E-state index is 13.6. The highest BCUT2D eigenvalue weighted by atomic mass is 35.5. The van der Waals surface area contributed by atoms with Gasteiger partial charge in [-0.2, -0.15) is 0 Å². The zero-order valence-corrected chi connectivity index (χ0v) is 29.5. The number of carbonyl (C=O) groups excluding carboxylic acids is 4. The van der Waals surface area contributed by atoms with Gasteiger partial charge in [0.25, 0.3) is 5.91 Å². The maximum absolute atomic E-state index is 13.6. The van der Waals surface area contributed by atoms with E-state index in [0.717, 1.165) is 30.2 Å². The average molecular weight is 763 g/mol. The molecule has 51 heavy (non-hydrogen) atoms. The van der Waals surface area contributed by atoms with Crippen molar-refractivity contribution in [2.75, 3.05) is 44.2 Å². The summed E-state index contributed by atoms with van der Waals surface area (Å²) in [6.45, 7) is 2.39. The lowest BCUT2D eigenvalue weighted by Crippen LogP contribution is -2.64. The summed E-state index contributed by atoms with van der Waals surface area (Å²) >= 11 is 8.43. The molecule has 0 unspecified atom stereocenters. The minimum atomic E-state index is -1.55. The first-order valence-electron chi connectivity index (χ1n) is 16.2. The number of benzene rings is 1. The standard InChI is InChI=1S/C32H35ClN6O10S2/c33-22-17(4-5-20(40)25(22)42)26(43)35-8-11-39(9-1-2-10-39)13-16-14-50-28-18(27(44)38(28)24(16)29(45)46)12-21(41)23(19-15-51-31(34)36-19)37-49-32(30(47)48)6-3-7-32/h4-5,15,18,28H,1-3,6-14H2,(H6-,34,35,36,37,40,41,42,43,45,46,47,48)/t18-,28-/m1/s1. The largest absolute Gasteiger partial charge is 0.543 e. The van der Waals surface area contributed by atoms with Crippen molar-refractivity contribution >= 4 is 75.1 Å². The van der Waals surface area contributed by atoms with Crippen LogP contribution < -0.4 is 16.2 Å². The first-order valence-corrected chi connectivity index (χ1v) is 18.5. The number of carboxylic acid groups (broad SMARTS) is 2. The number of ketones is 1. The van der Waals surface area contributed by atoms with Crippen LogP contribution in [0.15, 0.2) is 33.9 Å². The van der Waals surface area contributed by atoms with Crippen molar-refractivity contribution in [2.24, 2.45) is 11.1 Å². The van der Waals surface area contributed by atoms with Gasteiger partial charge in [0.15, 0.2) is 28.1 Å². The van der Waals surface area contributed by atoms with Crippen LogP contribution in [0.4, 0.5) is 5.13 Å². The van der Waals surface area contributed by atoms with E-state index in [9.17, 15) is 44.4 Å². The number of nitrogens with zero attached hydrogens (tertiary/aromatic N) is 4. The summed E-state index contributed by atoms with van der Waals surface area (Å²) in [5.41, 5.74) is 4.33. The SMILES string of the molecule is Nc1nc(/C(=N\OC2(C(=O)O)CCC2)C(=O)C[C@@H]2C(=O)N3C(C(=O)[O-])=C(C[N+]4(CCNC(=O)c5ccc(O)c(O)c5Cl)CCCC4)CS[C@H]23)cs1. The van der Waals surface area contributed by atoms with E-state index in [4.69, 9.17) is 22.2 Å². The van der Waals surface area contributed by atoms with Crippen LogP contribution in [0, 0.1) is 5.92 Å². The Morgan fingerprint density at radius 1 is 1.20 bits per heavy atom. The number of Topliss-reactive ketones (excluding diaryl/α,β-unsaturated/α-hetero) is 1. The quantitative estimate of drug-likeness (QED) is 0.0595. The lowest BCUT2D eigenvalue weighted by atomic mass is 9.80. The molecule has 2 amide bonds. The number of carboxylic acids is 2. The number of anilines is 1. The number of β-lactam (4-membered cyclic amide) rings is 1. The number of likely N-dealkylation sites (tertiary alicyclic amines) is 1. The van der Waals surface area contributed by atoms with Gasteiger partial charge in [-0.3, -0.25) is 19.3 Å². The molecule has 272 valence electrons. The molecular weight excluding hydrogens is 728 g/mol. The molecule has 1 aromatic heterocycles. The number of phenols is 2. The Morgan fingerprint density at radius 2 is 1.92 bits per heavy atom. The van der Waals surface area contributed by atoms with Crippen molar-refractivity contribution in [3.8, 4) is 11.5 Å². The Kier molecular flexibility index (Phi) is 10.2. The number of amides is 2. The molecule has 0 radical (unpaired) electrons. The number of nitrogens with one attached hydrogen (secondary N) is 1. The van der Waals surface area contributed by atoms with Gasteiger partial charge in [0, 0.05) is 48.8 Å². The predicted octanol–water partition coefficient (Wildman–Crippen LogP) is 1.05. The number of carbonyl (C=O) groups is 5. The molecule has 6 N–H and O–H groups in total. The number of aliphatic carboxylic acids is 2. The van der Waals surface area contributed by atoms with Crippen LogP contribution in [0.3, 0.4) is 0 Å². The normalized spacial score (nSPS) is 22.1. The molecule has 4 aliphatic rings. The number of aromatic hydroxyl groups is 2. The number of hydrogen-bond acceptors (Lipinski definition) is 14. The number of thiazole rings is 1. The van der Waals surface area contributed by atoms with Gasteiger partial charge in [-0.1, -0.05) is 16.8 Å². The summed E-state index contributed by atoms with van der Waals surface area (Å²) in [4.78, 5) is 75.0. The monoisotopic (exact) mass is 762 g/mol. The van der Waals surface area contributed by atoms with Gasteiger partial charge in [-0.05, 0) is 18.6 Å². The van der Waals surface area contributed by atoms with Crippen molar-refractivity contribution < 1.29 is 53.7 Å². The van der Waals surface area contributed by atoms with Crippen molar-refractivity contribution in [1.82, 2.24) is 15.2 Å². The van der Waals surface area contributed by atoms with Gasteiger partial charge in [-0.15, -0.1) is 23.1 Å². The van der Waals surface area contributed by atoms with Crippen LogP contribution in [-0.2, 0) is 24.0 Å². The number of fused-ring (bicyclic) bond motifs is 1. The number of aromatic nitrogens is 1. The lowest BCUT2D eigenvalue weighted by molar-refractivity contribution is -0.911. The number of thioether (sulfide) groups is 1. The Balaban J connectivity index is 1.15. The number of quaternary nitrogens is 1. The molecule has 1 aromatic carbocycles. The number of nitrogen functional groups attached to an aromatic ring is 1. The van der Waals surface area contributed by atoms with E-state index in [1.807, 2.05) is 0 Å². The highest BCUT2D eigenvalue weighted by Gasteiger charge is 2.54. The van der Waals surface area contributed by atoms with Crippen molar-refractivity contribution in [3.05, 3.63) is 45.1 Å². The minimum Gasteiger partial charge on any atom is -0.543 e. The second-order valence-electron chi connectivity index (χ2n) is 13.1. The average Bonchev–Trinajstić information content (AvgIpc) is 3.72. The van der Waals surface area contributed by atoms with E-state index < -0.39 is 57.9 Å². The highest BCUT2D eigenvalue weighted by molar-refractivity contribution is 8.00. The van der Waals surface area contributed by atoms with Gasteiger partial charge in [0.1, 0.15) is 12.2 Å². The van der Waals surface area contributed by atoms with E-state index in [2.05, 4.69) is 15.5 Å². The molecule has 1 aliphatic carbocycles. The van der Waals surface area contributed by atoms with Crippen LogP contribution >= 0.6 is 34.7 Å². The zero-order valence-electron chi connectivity index (χ0n) is 27.1. The summed E-state index contributed by atoms with van der Waals surface area (Å²) in [7, 11) is 0. The number of nitrogens with two attached hydrogens (primary N) is 1. The van der Waals surface area contributed by atoms with Crippen LogP contribution in [0.5, 0.6) is 11.5 Å². The van der Waals surface area contributed by atoms with Gasteiger partial charge < -0.3 is 45.6 Å². The Morgan fingerprint density at radius 3 is 2.53 bits per heavy atom. The maximum Gasteiger partial charge on any atom is 0.350 e. The van der Waals surface area contributed by atoms with Gasteiger partial charge >= 0.3 is 5.97 Å². The highest BCUT2D eigenvalue weighted by Crippen LogP contribution is 2.46. The van der Waals surface area contributed by atoms with Crippen molar-refractivity contribution in [1.29, 1.82) is 0 Å². The fraction of sp³-hybridized carbons (Fsp3) is 0.469.